The molecule has 0 amide bonds. The van der Waals surface area contributed by atoms with Gasteiger partial charge in [0.2, 0.25) is 0 Å². The van der Waals surface area contributed by atoms with E-state index in [9.17, 15) is 5.11 Å². The van der Waals surface area contributed by atoms with Gasteiger partial charge in [-0.2, -0.15) is 0 Å². The average Bonchev–Trinajstić information content (AvgIpc) is 2.49. The zero-order valence-electron chi connectivity index (χ0n) is 11.1. The second-order valence-corrected chi connectivity index (χ2v) is 6.47. The molecule has 3 aromatic rings. The molecule has 3 aromatic carbocycles. The summed E-state index contributed by atoms with van der Waals surface area (Å²) in [7, 11) is 0. The maximum Gasteiger partial charge on any atom is 0.127 e. The van der Waals surface area contributed by atoms with Crippen molar-refractivity contribution in [1.29, 1.82) is 0 Å². The zero-order chi connectivity index (χ0) is 15.1. The van der Waals surface area contributed by atoms with E-state index in [1.807, 2.05) is 37.3 Å². The zero-order valence-corrected chi connectivity index (χ0v) is 14.2. The Kier molecular flexibility index (Phi) is 3.87. The van der Waals surface area contributed by atoms with Crippen molar-refractivity contribution < 1.29 is 5.11 Å². The number of benzene rings is 3. The summed E-state index contributed by atoms with van der Waals surface area (Å²) in [5.41, 5.74) is 2.56. The highest BCUT2D eigenvalue weighted by Crippen LogP contribution is 2.45. The third kappa shape index (κ3) is 2.42. The fourth-order valence-electron chi connectivity index (χ4n) is 2.47. The Bertz CT molecular complexity index is 859. The standard InChI is InChI=1S/C17H11BrCl2O/c1-9-16(18)15(13-8-10(19)6-7-14(13)20)11-4-2-3-5-12(11)17(9)21/h2-8,21H,1H3. The minimum atomic E-state index is 0.277. The molecule has 0 aromatic heterocycles. The Morgan fingerprint density at radius 3 is 2.38 bits per heavy atom. The lowest BCUT2D eigenvalue weighted by Crippen LogP contribution is -1.90. The van der Waals surface area contributed by atoms with Crippen LogP contribution in [0.2, 0.25) is 10.0 Å². The Hall–Kier alpha value is -1.22. The van der Waals surface area contributed by atoms with Crippen molar-refractivity contribution in [3.63, 3.8) is 0 Å². The maximum atomic E-state index is 10.3. The van der Waals surface area contributed by atoms with Crippen LogP contribution in [0.4, 0.5) is 0 Å². The minimum absolute atomic E-state index is 0.277. The van der Waals surface area contributed by atoms with Crippen LogP contribution >= 0.6 is 39.1 Å². The third-order valence-corrected chi connectivity index (χ3v) is 5.11. The van der Waals surface area contributed by atoms with Gasteiger partial charge in [-0.15, -0.1) is 0 Å². The predicted octanol–water partition coefficient (Wildman–Crippen LogP) is 6.59. The lowest BCUT2D eigenvalue weighted by Gasteiger charge is -2.16. The van der Waals surface area contributed by atoms with E-state index >= 15 is 0 Å². The molecular formula is C17H11BrCl2O. The van der Waals surface area contributed by atoms with Crippen molar-refractivity contribution in [3.8, 4) is 16.9 Å². The molecule has 0 unspecified atom stereocenters. The van der Waals surface area contributed by atoms with E-state index in [4.69, 9.17) is 23.2 Å². The van der Waals surface area contributed by atoms with Crippen LogP contribution in [0.1, 0.15) is 5.56 Å². The molecule has 0 aliphatic carbocycles. The number of phenolic OH excluding ortho intramolecular Hbond substituents is 1. The normalized spacial score (nSPS) is 11.0. The van der Waals surface area contributed by atoms with Crippen LogP contribution in [0, 0.1) is 6.92 Å². The lowest BCUT2D eigenvalue weighted by atomic mass is 9.95. The van der Waals surface area contributed by atoms with Crippen LogP contribution in [0.15, 0.2) is 46.9 Å². The first-order chi connectivity index (χ1) is 10.0. The summed E-state index contributed by atoms with van der Waals surface area (Å²) in [5, 5.41) is 13.3. The Labute approximate surface area is 141 Å². The minimum Gasteiger partial charge on any atom is -0.507 e. The van der Waals surface area contributed by atoms with Gasteiger partial charge in [0, 0.05) is 36.6 Å². The summed E-state index contributed by atoms with van der Waals surface area (Å²) < 4.78 is 0.822. The van der Waals surface area contributed by atoms with Crippen LogP contribution < -0.4 is 0 Å². The fraction of sp³-hybridized carbons (Fsp3) is 0.0588. The molecule has 0 atom stereocenters. The lowest BCUT2D eigenvalue weighted by molar-refractivity contribution is 0.477. The van der Waals surface area contributed by atoms with Gasteiger partial charge >= 0.3 is 0 Å². The van der Waals surface area contributed by atoms with Crippen LogP contribution in [-0.2, 0) is 0 Å². The SMILES string of the molecule is Cc1c(Br)c(-c2cc(Cl)ccc2Cl)c2ccccc2c1O. The van der Waals surface area contributed by atoms with Crippen LogP contribution in [-0.4, -0.2) is 5.11 Å². The quantitative estimate of drug-likeness (QED) is 0.504. The van der Waals surface area contributed by atoms with E-state index in [-0.39, 0.29) is 5.75 Å². The van der Waals surface area contributed by atoms with Gasteiger partial charge in [-0.1, -0.05) is 47.5 Å². The molecular weight excluding hydrogens is 371 g/mol. The van der Waals surface area contributed by atoms with E-state index in [1.165, 1.54) is 0 Å². The summed E-state index contributed by atoms with van der Waals surface area (Å²) >= 11 is 16.1. The van der Waals surface area contributed by atoms with Gasteiger partial charge in [-0.25, -0.2) is 0 Å². The topological polar surface area (TPSA) is 20.2 Å². The smallest absolute Gasteiger partial charge is 0.127 e. The first-order valence-corrected chi connectivity index (χ1v) is 7.90. The van der Waals surface area contributed by atoms with E-state index in [0.717, 1.165) is 31.9 Å². The second-order valence-electron chi connectivity index (χ2n) is 4.83. The van der Waals surface area contributed by atoms with Crippen molar-refractivity contribution in [2.45, 2.75) is 6.92 Å². The molecule has 0 aliphatic rings. The number of rotatable bonds is 1. The van der Waals surface area contributed by atoms with Gasteiger partial charge in [0.1, 0.15) is 5.75 Å². The first-order valence-electron chi connectivity index (χ1n) is 6.36. The van der Waals surface area contributed by atoms with Gasteiger partial charge in [0.05, 0.1) is 0 Å². The second kappa shape index (κ2) is 5.53. The maximum absolute atomic E-state index is 10.3. The van der Waals surface area contributed by atoms with Gasteiger partial charge < -0.3 is 5.11 Å². The first kappa shape index (κ1) is 14.7. The van der Waals surface area contributed by atoms with Gasteiger partial charge in [-0.3, -0.25) is 0 Å². The number of halogens is 3. The van der Waals surface area contributed by atoms with Crippen LogP contribution in [0.25, 0.3) is 21.9 Å². The molecule has 0 bridgehead atoms. The molecule has 0 spiro atoms. The molecule has 4 heteroatoms. The van der Waals surface area contributed by atoms with Crippen molar-refractivity contribution in [3.05, 3.63) is 62.5 Å². The average molecular weight is 382 g/mol. The van der Waals surface area contributed by atoms with Crippen molar-refractivity contribution in [1.82, 2.24) is 0 Å². The van der Waals surface area contributed by atoms with E-state index < -0.39 is 0 Å². The monoisotopic (exact) mass is 380 g/mol. The molecule has 0 saturated heterocycles. The summed E-state index contributed by atoms with van der Waals surface area (Å²) in [6.07, 6.45) is 0. The highest BCUT2D eigenvalue weighted by Gasteiger charge is 2.17. The molecule has 21 heavy (non-hydrogen) atoms. The number of fused-ring (bicyclic) bond motifs is 1. The molecule has 0 radical (unpaired) electrons. The highest BCUT2D eigenvalue weighted by atomic mass is 79.9. The number of aromatic hydroxyl groups is 1. The van der Waals surface area contributed by atoms with E-state index in [1.54, 1.807) is 12.1 Å². The van der Waals surface area contributed by atoms with Crippen molar-refractivity contribution in [2.75, 3.05) is 0 Å². The van der Waals surface area contributed by atoms with Crippen LogP contribution in [0.3, 0.4) is 0 Å². The molecule has 106 valence electrons. The van der Waals surface area contributed by atoms with E-state index in [0.29, 0.717) is 10.0 Å². The number of phenols is 1. The van der Waals surface area contributed by atoms with Crippen molar-refractivity contribution >= 4 is 49.9 Å². The molecule has 0 aliphatic heterocycles. The molecule has 1 nitrogen and oxygen atoms in total. The van der Waals surface area contributed by atoms with E-state index in [2.05, 4.69) is 15.9 Å². The van der Waals surface area contributed by atoms with Crippen molar-refractivity contribution in [2.24, 2.45) is 0 Å². The third-order valence-electron chi connectivity index (χ3n) is 3.55. The Morgan fingerprint density at radius 1 is 1.00 bits per heavy atom. The summed E-state index contributed by atoms with van der Waals surface area (Å²) in [6, 6.07) is 13.1. The predicted molar refractivity (Wildman–Crippen MR) is 93.5 cm³/mol. The molecule has 3 rings (SSSR count). The Morgan fingerprint density at radius 2 is 1.67 bits per heavy atom. The number of hydrogen-bond acceptors (Lipinski definition) is 1. The summed E-state index contributed by atoms with van der Waals surface area (Å²) in [4.78, 5) is 0. The fourth-order valence-corrected chi connectivity index (χ4v) is 3.47. The molecule has 1 N–H and O–H groups in total. The van der Waals surface area contributed by atoms with Gasteiger partial charge in [-0.05, 0) is 46.4 Å². The Balaban J connectivity index is 2.50. The van der Waals surface area contributed by atoms with Gasteiger partial charge in [0.15, 0.2) is 0 Å². The molecule has 0 fully saturated rings. The van der Waals surface area contributed by atoms with Gasteiger partial charge in [0.25, 0.3) is 0 Å². The summed E-state index contributed by atoms with van der Waals surface area (Å²) in [6.45, 7) is 1.87. The number of hydrogen-bond donors (Lipinski definition) is 1. The summed E-state index contributed by atoms with van der Waals surface area (Å²) in [5.74, 6) is 0.277. The molecule has 0 heterocycles. The highest BCUT2D eigenvalue weighted by molar-refractivity contribution is 9.10. The van der Waals surface area contributed by atoms with Crippen LogP contribution in [0.5, 0.6) is 5.75 Å². The molecule has 0 saturated carbocycles. The largest absolute Gasteiger partial charge is 0.507 e.